The highest BCUT2D eigenvalue weighted by atomic mass is 16.1. The SMILES string of the molecule is CC(=O)Nc1ccccc1C1=CCc2cccc3cccc1c23. The van der Waals surface area contributed by atoms with Gasteiger partial charge in [-0.1, -0.05) is 60.7 Å². The van der Waals surface area contributed by atoms with Gasteiger partial charge in [0.05, 0.1) is 0 Å². The van der Waals surface area contributed by atoms with Crippen molar-refractivity contribution in [3.8, 4) is 0 Å². The van der Waals surface area contributed by atoms with Crippen LogP contribution in [0.2, 0.25) is 0 Å². The van der Waals surface area contributed by atoms with Crippen molar-refractivity contribution in [3.05, 3.63) is 83.4 Å². The molecular weight excluding hydrogens is 282 g/mol. The van der Waals surface area contributed by atoms with Crippen LogP contribution in [0.4, 0.5) is 5.69 Å². The van der Waals surface area contributed by atoms with Crippen LogP contribution in [0.15, 0.2) is 66.7 Å². The van der Waals surface area contributed by atoms with Crippen LogP contribution in [0, 0.1) is 0 Å². The maximum Gasteiger partial charge on any atom is 0.221 e. The van der Waals surface area contributed by atoms with E-state index in [0.29, 0.717) is 0 Å². The topological polar surface area (TPSA) is 29.1 Å². The second-order valence-corrected chi connectivity index (χ2v) is 5.87. The van der Waals surface area contributed by atoms with Crippen LogP contribution < -0.4 is 5.32 Å². The fourth-order valence-electron chi connectivity index (χ4n) is 3.41. The summed E-state index contributed by atoms with van der Waals surface area (Å²) in [5, 5.41) is 5.54. The Morgan fingerprint density at radius 3 is 2.48 bits per heavy atom. The highest BCUT2D eigenvalue weighted by Crippen LogP contribution is 2.38. The molecule has 0 saturated heterocycles. The molecule has 0 saturated carbocycles. The average molecular weight is 299 g/mol. The highest BCUT2D eigenvalue weighted by Gasteiger charge is 2.18. The number of hydrogen-bond donors (Lipinski definition) is 1. The molecule has 0 aromatic heterocycles. The summed E-state index contributed by atoms with van der Waals surface area (Å²) >= 11 is 0. The third-order valence-electron chi connectivity index (χ3n) is 4.34. The molecule has 1 aliphatic carbocycles. The molecule has 0 spiro atoms. The molecule has 0 radical (unpaired) electrons. The fraction of sp³-hybridized carbons (Fsp3) is 0.0952. The van der Waals surface area contributed by atoms with E-state index in [0.717, 1.165) is 17.7 Å². The van der Waals surface area contributed by atoms with Gasteiger partial charge in [0.1, 0.15) is 0 Å². The Hall–Kier alpha value is -2.87. The van der Waals surface area contributed by atoms with E-state index in [1.165, 1.54) is 27.5 Å². The first-order valence-electron chi connectivity index (χ1n) is 7.82. The normalized spacial score (nSPS) is 12.8. The summed E-state index contributed by atoms with van der Waals surface area (Å²) in [6, 6.07) is 20.9. The number of anilines is 1. The summed E-state index contributed by atoms with van der Waals surface area (Å²) in [7, 11) is 0. The van der Waals surface area contributed by atoms with Crippen LogP contribution in [0.3, 0.4) is 0 Å². The summed E-state index contributed by atoms with van der Waals surface area (Å²) in [5.74, 6) is -0.0486. The lowest BCUT2D eigenvalue weighted by molar-refractivity contribution is -0.114. The molecule has 0 atom stereocenters. The first kappa shape index (κ1) is 13.8. The Labute approximate surface area is 135 Å². The number of benzene rings is 3. The van der Waals surface area contributed by atoms with Gasteiger partial charge in [0.2, 0.25) is 5.91 Å². The summed E-state index contributed by atoms with van der Waals surface area (Å²) < 4.78 is 0. The second-order valence-electron chi connectivity index (χ2n) is 5.87. The van der Waals surface area contributed by atoms with Crippen molar-refractivity contribution in [1.29, 1.82) is 0 Å². The van der Waals surface area contributed by atoms with Crippen LogP contribution in [0.5, 0.6) is 0 Å². The number of amides is 1. The van der Waals surface area contributed by atoms with Crippen molar-refractivity contribution < 1.29 is 4.79 Å². The monoisotopic (exact) mass is 299 g/mol. The maximum atomic E-state index is 11.5. The number of nitrogens with one attached hydrogen (secondary N) is 1. The first-order chi connectivity index (χ1) is 11.2. The van der Waals surface area contributed by atoms with Gasteiger partial charge in [-0.3, -0.25) is 4.79 Å². The van der Waals surface area contributed by atoms with Crippen molar-refractivity contribution >= 4 is 27.9 Å². The second kappa shape index (κ2) is 5.40. The molecule has 1 aliphatic rings. The van der Waals surface area contributed by atoms with E-state index in [1.807, 2.05) is 18.2 Å². The van der Waals surface area contributed by atoms with E-state index < -0.39 is 0 Å². The molecule has 0 bridgehead atoms. The molecule has 1 amide bonds. The molecule has 2 nitrogen and oxygen atoms in total. The van der Waals surface area contributed by atoms with E-state index >= 15 is 0 Å². The molecule has 0 aliphatic heterocycles. The summed E-state index contributed by atoms with van der Waals surface area (Å²) in [5.41, 5.74) is 5.73. The van der Waals surface area contributed by atoms with Crippen molar-refractivity contribution in [2.24, 2.45) is 0 Å². The van der Waals surface area contributed by atoms with Gasteiger partial charge >= 0.3 is 0 Å². The zero-order valence-electron chi connectivity index (χ0n) is 13.0. The minimum Gasteiger partial charge on any atom is -0.326 e. The molecule has 4 rings (SSSR count). The maximum absolute atomic E-state index is 11.5. The van der Waals surface area contributed by atoms with Gasteiger partial charge in [-0.2, -0.15) is 0 Å². The highest BCUT2D eigenvalue weighted by molar-refractivity contribution is 6.04. The Morgan fingerprint density at radius 1 is 0.913 bits per heavy atom. The number of allylic oxidation sites excluding steroid dienone is 1. The van der Waals surface area contributed by atoms with Crippen LogP contribution in [0.1, 0.15) is 23.6 Å². The standard InChI is InChI=1S/C21H17NO/c1-14(23)22-20-11-3-2-9-18(20)17-13-12-16-7-4-6-15-8-5-10-19(17)21(15)16/h2-11,13H,12H2,1H3,(H,22,23). The molecule has 2 heteroatoms. The van der Waals surface area contributed by atoms with Crippen molar-refractivity contribution in [3.63, 3.8) is 0 Å². The number of carbonyl (C=O) groups excluding carboxylic acids is 1. The Kier molecular flexibility index (Phi) is 3.23. The molecule has 0 fully saturated rings. The molecule has 0 heterocycles. The van der Waals surface area contributed by atoms with Crippen LogP contribution in [0.25, 0.3) is 16.3 Å². The smallest absolute Gasteiger partial charge is 0.221 e. The lowest BCUT2D eigenvalue weighted by Crippen LogP contribution is -2.09. The predicted octanol–water partition coefficient (Wildman–Crippen LogP) is 4.79. The number of para-hydroxylation sites is 1. The van der Waals surface area contributed by atoms with Gasteiger partial charge in [0.25, 0.3) is 0 Å². The van der Waals surface area contributed by atoms with Gasteiger partial charge in [0, 0.05) is 18.2 Å². The molecule has 112 valence electrons. The molecule has 0 unspecified atom stereocenters. The quantitative estimate of drug-likeness (QED) is 0.724. The van der Waals surface area contributed by atoms with Crippen molar-refractivity contribution in [1.82, 2.24) is 0 Å². The van der Waals surface area contributed by atoms with Gasteiger partial charge < -0.3 is 5.32 Å². The molecule has 23 heavy (non-hydrogen) atoms. The van der Waals surface area contributed by atoms with E-state index in [1.54, 1.807) is 6.92 Å². The van der Waals surface area contributed by atoms with Gasteiger partial charge in [-0.25, -0.2) is 0 Å². The minimum absolute atomic E-state index is 0.0486. The zero-order valence-corrected chi connectivity index (χ0v) is 13.0. The van der Waals surface area contributed by atoms with Crippen molar-refractivity contribution in [2.45, 2.75) is 13.3 Å². The van der Waals surface area contributed by atoms with E-state index in [9.17, 15) is 4.79 Å². The summed E-state index contributed by atoms with van der Waals surface area (Å²) in [4.78, 5) is 11.5. The van der Waals surface area contributed by atoms with Gasteiger partial charge in [-0.15, -0.1) is 0 Å². The number of hydrogen-bond acceptors (Lipinski definition) is 1. The molecule has 3 aromatic carbocycles. The van der Waals surface area contributed by atoms with E-state index in [-0.39, 0.29) is 5.91 Å². The summed E-state index contributed by atoms with van der Waals surface area (Å²) in [6.45, 7) is 1.54. The molecular formula is C21H17NO. The van der Waals surface area contributed by atoms with Crippen molar-refractivity contribution in [2.75, 3.05) is 5.32 Å². The summed E-state index contributed by atoms with van der Waals surface area (Å²) in [6.07, 6.45) is 3.18. The third-order valence-corrected chi connectivity index (χ3v) is 4.34. The van der Waals surface area contributed by atoms with E-state index in [4.69, 9.17) is 0 Å². The lowest BCUT2D eigenvalue weighted by Gasteiger charge is -2.21. The first-order valence-corrected chi connectivity index (χ1v) is 7.82. The Bertz CT molecular complexity index is 948. The average Bonchev–Trinajstić information content (AvgIpc) is 2.56. The Balaban J connectivity index is 1.93. The fourth-order valence-corrected chi connectivity index (χ4v) is 3.41. The lowest BCUT2D eigenvalue weighted by atomic mass is 9.85. The number of carbonyl (C=O) groups is 1. The third kappa shape index (κ3) is 2.33. The Morgan fingerprint density at radius 2 is 1.65 bits per heavy atom. The van der Waals surface area contributed by atoms with Crippen LogP contribution >= 0.6 is 0 Å². The number of rotatable bonds is 2. The largest absolute Gasteiger partial charge is 0.326 e. The van der Waals surface area contributed by atoms with Gasteiger partial charge in [-0.05, 0) is 40.0 Å². The minimum atomic E-state index is -0.0486. The molecule has 3 aromatic rings. The van der Waals surface area contributed by atoms with Gasteiger partial charge in [0.15, 0.2) is 0 Å². The van der Waals surface area contributed by atoms with E-state index in [2.05, 4.69) is 53.9 Å². The zero-order chi connectivity index (χ0) is 15.8. The van der Waals surface area contributed by atoms with Crippen LogP contribution in [-0.4, -0.2) is 5.91 Å². The molecule has 1 N–H and O–H groups in total. The predicted molar refractivity (Wildman–Crippen MR) is 95.5 cm³/mol. The van der Waals surface area contributed by atoms with Crippen LogP contribution in [-0.2, 0) is 11.2 Å².